The van der Waals surface area contributed by atoms with Crippen molar-refractivity contribution in [3.05, 3.63) is 35.4 Å². The second-order valence-electron chi connectivity index (χ2n) is 6.54. The average molecular weight is 335 g/mol. The summed E-state index contributed by atoms with van der Waals surface area (Å²) in [4.78, 5) is 34.7. The molecule has 6 nitrogen and oxygen atoms in total. The second kappa shape index (κ2) is 9.05. The minimum Gasteiger partial charge on any atom is -0.461 e. The summed E-state index contributed by atoms with van der Waals surface area (Å²) < 4.78 is 10.1. The lowest BCUT2D eigenvalue weighted by atomic mass is 10.2. The molecule has 0 bridgehead atoms. The Kier molecular flexibility index (Phi) is 7.42. The maximum Gasteiger partial charge on any atom is 0.408 e. The number of alkyl carbamates (subject to hydrolysis) is 1. The number of carbonyl (C=O) groups is 3. The van der Waals surface area contributed by atoms with Crippen LogP contribution in [0.25, 0.3) is 0 Å². The predicted molar refractivity (Wildman–Crippen MR) is 89.5 cm³/mol. The number of esters is 1. The van der Waals surface area contributed by atoms with Crippen LogP contribution in [-0.2, 0) is 25.7 Å². The van der Waals surface area contributed by atoms with E-state index in [1.165, 1.54) is 0 Å². The minimum absolute atomic E-state index is 0.0132. The van der Waals surface area contributed by atoms with Crippen molar-refractivity contribution in [1.29, 1.82) is 0 Å². The zero-order chi connectivity index (χ0) is 18.2. The summed E-state index contributed by atoms with van der Waals surface area (Å²) >= 11 is 0. The highest BCUT2D eigenvalue weighted by Crippen LogP contribution is 2.07. The van der Waals surface area contributed by atoms with Crippen LogP contribution in [0.5, 0.6) is 0 Å². The van der Waals surface area contributed by atoms with Gasteiger partial charge >= 0.3 is 12.1 Å². The third kappa shape index (κ3) is 8.92. The first kappa shape index (κ1) is 19.7. The monoisotopic (exact) mass is 335 g/mol. The van der Waals surface area contributed by atoms with Crippen molar-refractivity contribution >= 4 is 17.8 Å². The fourth-order valence-corrected chi connectivity index (χ4v) is 1.74. The van der Waals surface area contributed by atoms with Gasteiger partial charge in [-0.25, -0.2) is 4.79 Å². The molecule has 132 valence electrons. The standard InChI is InChI=1S/C18H25NO5/c1-13-5-7-14(8-6-13)12-23-16(21)10-9-15(20)11-19-17(22)24-18(2,3)4/h5-8H,9-12H2,1-4H3,(H,19,22). The second-order valence-corrected chi connectivity index (χ2v) is 6.54. The van der Waals surface area contributed by atoms with Crippen molar-refractivity contribution in [3.8, 4) is 0 Å². The van der Waals surface area contributed by atoms with Gasteiger partial charge < -0.3 is 14.8 Å². The molecule has 0 radical (unpaired) electrons. The van der Waals surface area contributed by atoms with E-state index in [4.69, 9.17) is 9.47 Å². The smallest absolute Gasteiger partial charge is 0.408 e. The van der Waals surface area contributed by atoms with Crippen LogP contribution in [0.4, 0.5) is 4.79 Å². The summed E-state index contributed by atoms with van der Waals surface area (Å²) in [5.41, 5.74) is 1.41. The summed E-state index contributed by atoms with van der Waals surface area (Å²) in [6.45, 7) is 7.20. The van der Waals surface area contributed by atoms with Gasteiger partial charge in [0.05, 0.1) is 13.0 Å². The van der Waals surface area contributed by atoms with Gasteiger partial charge in [-0.05, 0) is 33.3 Å². The largest absolute Gasteiger partial charge is 0.461 e. The van der Waals surface area contributed by atoms with Crippen LogP contribution >= 0.6 is 0 Å². The number of aryl methyl sites for hydroxylation is 1. The zero-order valence-electron chi connectivity index (χ0n) is 14.7. The van der Waals surface area contributed by atoms with Crippen LogP contribution in [0.2, 0.25) is 0 Å². The number of carbonyl (C=O) groups excluding carboxylic acids is 3. The van der Waals surface area contributed by atoms with Gasteiger partial charge in [-0.3, -0.25) is 9.59 Å². The van der Waals surface area contributed by atoms with Crippen molar-refractivity contribution < 1.29 is 23.9 Å². The van der Waals surface area contributed by atoms with Crippen LogP contribution in [-0.4, -0.2) is 30.0 Å². The molecule has 1 aromatic rings. The third-order valence-corrected chi connectivity index (χ3v) is 2.96. The first-order valence-electron chi connectivity index (χ1n) is 7.85. The molecule has 0 fully saturated rings. The van der Waals surface area contributed by atoms with Crippen LogP contribution in [0.3, 0.4) is 0 Å². The van der Waals surface area contributed by atoms with E-state index in [2.05, 4.69) is 5.32 Å². The summed E-state index contributed by atoms with van der Waals surface area (Å²) in [6.07, 6.45) is -0.652. The molecular weight excluding hydrogens is 310 g/mol. The van der Waals surface area contributed by atoms with Gasteiger partial charge in [0, 0.05) is 6.42 Å². The number of ether oxygens (including phenoxy) is 2. The van der Waals surface area contributed by atoms with Gasteiger partial charge in [0.2, 0.25) is 0 Å². The number of ketones is 1. The normalized spacial score (nSPS) is 10.8. The van der Waals surface area contributed by atoms with Gasteiger partial charge in [-0.1, -0.05) is 29.8 Å². The van der Waals surface area contributed by atoms with Crippen LogP contribution in [0.15, 0.2) is 24.3 Å². The van der Waals surface area contributed by atoms with Gasteiger partial charge in [-0.15, -0.1) is 0 Å². The van der Waals surface area contributed by atoms with Gasteiger partial charge in [0.25, 0.3) is 0 Å². The molecule has 0 atom stereocenters. The van der Waals surface area contributed by atoms with E-state index in [0.29, 0.717) is 0 Å². The van der Waals surface area contributed by atoms with E-state index < -0.39 is 17.7 Å². The van der Waals surface area contributed by atoms with Gasteiger partial charge in [-0.2, -0.15) is 0 Å². The molecule has 0 saturated heterocycles. The van der Waals surface area contributed by atoms with Crippen molar-refractivity contribution in [1.82, 2.24) is 5.32 Å². The minimum atomic E-state index is -0.655. The highest BCUT2D eigenvalue weighted by atomic mass is 16.6. The molecule has 0 spiro atoms. The molecule has 1 amide bonds. The van der Waals surface area contributed by atoms with E-state index in [1.807, 2.05) is 31.2 Å². The Labute approximate surface area is 142 Å². The number of amides is 1. The van der Waals surface area contributed by atoms with Crippen molar-refractivity contribution in [2.24, 2.45) is 0 Å². The van der Waals surface area contributed by atoms with E-state index in [0.717, 1.165) is 11.1 Å². The summed E-state index contributed by atoms with van der Waals surface area (Å²) in [5.74, 6) is -0.700. The number of rotatable bonds is 7. The molecule has 1 rings (SSSR count). The van der Waals surface area contributed by atoms with Crippen molar-refractivity contribution in [2.45, 2.75) is 52.7 Å². The number of nitrogens with one attached hydrogen (secondary N) is 1. The predicted octanol–water partition coefficient (Wildman–Crippen LogP) is 2.91. The van der Waals surface area contributed by atoms with Crippen LogP contribution in [0.1, 0.15) is 44.7 Å². The lowest BCUT2D eigenvalue weighted by Gasteiger charge is -2.19. The van der Waals surface area contributed by atoms with E-state index in [9.17, 15) is 14.4 Å². The van der Waals surface area contributed by atoms with Crippen LogP contribution < -0.4 is 5.32 Å². The highest BCUT2D eigenvalue weighted by Gasteiger charge is 2.17. The fourth-order valence-electron chi connectivity index (χ4n) is 1.74. The lowest BCUT2D eigenvalue weighted by Crippen LogP contribution is -2.35. The van der Waals surface area contributed by atoms with Crippen molar-refractivity contribution in [3.63, 3.8) is 0 Å². The Morgan fingerprint density at radius 3 is 2.25 bits per heavy atom. The Morgan fingerprint density at radius 2 is 1.67 bits per heavy atom. The molecule has 6 heteroatoms. The number of hydrogen-bond donors (Lipinski definition) is 1. The number of benzene rings is 1. The average Bonchev–Trinajstić information content (AvgIpc) is 2.48. The Bertz CT molecular complexity index is 572. The van der Waals surface area contributed by atoms with E-state index >= 15 is 0 Å². The zero-order valence-corrected chi connectivity index (χ0v) is 14.7. The SMILES string of the molecule is Cc1ccc(COC(=O)CCC(=O)CNC(=O)OC(C)(C)C)cc1. The van der Waals surface area contributed by atoms with Crippen molar-refractivity contribution in [2.75, 3.05) is 6.54 Å². The quantitative estimate of drug-likeness (QED) is 0.775. The maximum atomic E-state index is 11.7. The molecule has 0 saturated carbocycles. The fraction of sp³-hybridized carbons (Fsp3) is 0.500. The molecule has 0 aliphatic carbocycles. The molecule has 1 N–H and O–H groups in total. The molecule has 1 aromatic carbocycles. The first-order chi connectivity index (χ1) is 11.2. The molecular formula is C18H25NO5. The van der Waals surface area contributed by atoms with Gasteiger partial charge in [0.1, 0.15) is 12.2 Å². The first-order valence-corrected chi connectivity index (χ1v) is 7.85. The summed E-state index contributed by atoms with van der Waals surface area (Å²) in [6, 6.07) is 7.65. The molecule has 0 heterocycles. The maximum absolute atomic E-state index is 11.7. The molecule has 0 aliphatic heterocycles. The van der Waals surface area contributed by atoms with Crippen LogP contribution in [0, 0.1) is 6.92 Å². The molecule has 0 unspecified atom stereocenters. The third-order valence-electron chi connectivity index (χ3n) is 2.96. The number of Topliss-reactive ketones (excluding diaryl/α,β-unsaturated/α-hetero) is 1. The lowest BCUT2D eigenvalue weighted by molar-refractivity contribution is -0.146. The van der Waals surface area contributed by atoms with E-state index in [1.54, 1.807) is 20.8 Å². The molecule has 0 aromatic heterocycles. The Morgan fingerprint density at radius 1 is 1.04 bits per heavy atom. The Hall–Kier alpha value is -2.37. The van der Waals surface area contributed by atoms with E-state index in [-0.39, 0.29) is 31.8 Å². The summed E-state index contributed by atoms with van der Waals surface area (Å²) in [5, 5.41) is 2.36. The molecule has 24 heavy (non-hydrogen) atoms. The summed E-state index contributed by atoms with van der Waals surface area (Å²) in [7, 11) is 0. The highest BCUT2D eigenvalue weighted by molar-refractivity contribution is 5.86. The number of hydrogen-bond acceptors (Lipinski definition) is 5. The topological polar surface area (TPSA) is 81.7 Å². The molecule has 0 aliphatic rings. The van der Waals surface area contributed by atoms with Gasteiger partial charge in [0.15, 0.2) is 5.78 Å². The Balaban J connectivity index is 2.20.